The van der Waals surface area contributed by atoms with Crippen molar-refractivity contribution in [3.05, 3.63) is 28.8 Å². The lowest BCUT2D eigenvalue weighted by Crippen LogP contribution is -2.28. The van der Waals surface area contributed by atoms with Crippen LogP contribution in [0.25, 0.3) is 0 Å². The summed E-state index contributed by atoms with van der Waals surface area (Å²) in [4.78, 5) is 0. The predicted octanol–water partition coefficient (Wildman–Crippen LogP) is 6.87. The Balaban J connectivity index is 0.000000671. The minimum Gasteiger partial charge on any atom is -0.105 e. The first-order valence-electron chi connectivity index (χ1n) is 10.6. The Kier molecular flexibility index (Phi) is 10.2. The van der Waals surface area contributed by atoms with Crippen molar-refractivity contribution in [1.82, 2.24) is 0 Å². The molecular formula is C23H41P. The van der Waals surface area contributed by atoms with E-state index in [2.05, 4.69) is 35.2 Å². The van der Waals surface area contributed by atoms with Crippen molar-refractivity contribution in [2.45, 2.75) is 92.9 Å². The van der Waals surface area contributed by atoms with Crippen LogP contribution in [-0.2, 0) is 12.8 Å². The zero-order valence-corrected chi connectivity index (χ0v) is 18.3. The quantitative estimate of drug-likeness (QED) is 0.512. The zero-order chi connectivity index (χ0) is 18.1. The number of aryl methyl sites for hydroxylation is 1. The van der Waals surface area contributed by atoms with Gasteiger partial charge in [-0.25, -0.2) is 0 Å². The summed E-state index contributed by atoms with van der Waals surface area (Å²) in [7, 11) is 2.98. The van der Waals surface area contributed by atoms with E-state index in [0.29, 0.717) is 0 Å². The van der Waals surface area contributed by atoms with Crippen LogP contribution in [0.5, 0.6) is 0 Å². The molecule has 1 heteroatoms. The summed E-state index contributed by atoms with van der Waals surface area (Å²) in [6.45, 7) is 12.6. The standard InChI is InChI=1S/C19H29P.2C2H6/c1-3-14-5-8-15(9-6-14)16-10-11-18-17(12-16)7-4-13(2)19(18)20;2*1-2/h4,7,14-16H,3,5-6,8-12,20H2,1-2H3;2*1-2H3. The molecule has 1 fully saturated rings. The van der Waals surface area contributed by atoms with Crippen molar-refractivity contribution >= 4 is 14.5 Å². The lowest BCUT2D eigenvalue weighted by Gasteiger charge is -2.36. The van der Waals surface area contributed by atoms with Crippen molar-refractivity contribution in [3.8, 4) is 0 Å². The van der Waals surface area contributed by atoms with Crippen LogP contribution in [0.1, 0.15) is 89.8 Å². The van der Waals surface area contributed by atoms with Gasteiger partial charge in [-0.1, -0.05) is 66.0 Å². The van der Waals surface area contributed by atoms with Crippen LogP contribution in [0, 0.1) is 24.7 Å². The Labute approximate surface area is 154 Å². The van der Waals surface area contributed by atoms with Gasteiger partial charge in [0.25, 0.3) is 0 Å². The molecule has 24 heavy (non-hydrogen) atoms. The van der Waals surface area contributed by atoms with Gasteiger partial charge < -0.3 is 0 Å². The van der Waals surface area contributed by atoms with Gasteiger partial charge in [0, 0.05) is 0 Å². The fourth-order valence-electron chi connectivity index (χ4n) is 4.50. The summed E-state index contributed by atoms with van der Waals surface area (Å²) >= 11 is 0. The second-order valence-corrected chi connectivity index (χ2v) is 7.70. The van der Waals surface area contributed by atoms with E-state index in [4.69, 9.17) is 0 Å². The molecule has 0 N–H and O–H groups in total. The van der Waals surface area contributed by atoms with Crippen LogP contribution in [0.3, 0.4) is 0 Å². The van der Waals surface area contributed by atoms with Crippen molar-refractivity contribution < 1.29 is 0 Å². The molecule has 2 atom stereocenters. The Morgan fingerprint density at radius 2 is 1.54 bits per heavy atom. The van der Waals surface area contributed by atoms with Gasteiger partial charge in [-0.2, -0.15) is 0 Å². The first-order valence-corrected chi connectivity index (χ1v) is 11.1. The van der Waals surface area contributed by atoms with Crippen LogP contribution in [0.2, 0.25) is 0 Å². The average molecular weight is 349 g/mol. The maximum Gasteiger partial charge on any atom is -0.0239 e. The van der Waals surface area contributed by atoms with Gasteiger partial charge in [0.2, 0.25) is 0 Å². The molecule has 0 saturated heterocycles. The molecule has 1 aromatic carbocycles. The minimum absolute atomic E-state index is 0.965. The maximum absolute atomic E-state index is 2.98. The molecule has 1 saturated carbocycles. The predicted molar refractivity (Wildman–Crippen MR) is 114 cm³/mol. The van der Waals surface area contributed by atoms with Crippen molar-refractivity contribution in [3.63, 3.8) is 0 Å². The van der Waals surface area contributed by atoms with Gasteiger partial charge >= 0.3 is 0 Å². The van der Waals surface area contributed by atoms with E-state index in [0.717, 1.165) is 17.8 Å². The van der Waals surface area contributed by atoms with E-state index in [1.165, 1.54) is 62.2 Å². The monoisotopic (exact) mass is 348 g/mol. The van der Waals surface area contributed by atoms with E-state index in [1.807, 2.05) is 27.7 Å². The topological polar surface area (TPSA) is 0 Å². The normalized spacial score (nSPS) is 25.5. The lowest BCUT2D eigenvalue weighted by molar-refractivity contribution is 0.187. The number of fused-ring (bicyclic) bond motifs is 1. The maximum atomic E-state index is 2.98. The van der Waals surface area contributed by atoms with Crippen LogP contribution in [-0.4, -0.2) is 0 Å². The SMILES string of the molecule is CC.CC.CCC1CCC(C2CCc3c(ccc(C)c3P)C2)CC1. The largest absolute Gasteiger partial charge is 0.105 e. The van der Waals surface area contributed by atoms with Gasteiger partial charge in [0.15, 0.2) is 0 Å². The molecule has 0 radical (unpaired) electrons. The molecule has 2 aliphatic rings. The molecule has 0 aliphatic heterocycles. The van der Waals surface area contributed by atoms with Gasteiger partial charge in [0.05, 0.1) is 0 Å². The van der Waals surface area contributed by atoms with Crippen molar-refractivity contribution in [2.75, 3.05) is 0 Å². The first-order chi connectivity index (χ1) is 11.7. The molecule has 0 aromatic heterocycles. The Morgan fingerprint density at radius 1 is 0.917 bits per heavy atom. The second-order valence-electron chi connectivity index (χ2n) is 7.13. The third kappa shape index (κ3) is 5.32. The third-order valence-corrected chi connectivity index (χ3v) is 6.86. The van der Waals surface area contributed by atoms with Crippen LogP contribution >= 0.6 is 9.24 Å². The Morgan fingerprint density at radius 3 is 2.12 bits per heavy atom. The summed E-state index contributed by atoms with van der Waals surface area (Å²) < 4.78 is 0. The van der Waals surface area contributed by atoms with Gasteiger partial charge in [-0.05, 0) is 78.8 Å². The molecule has 0 heterocycles. The number of benzene rings is 1. The summed E-state index contributed by atoms with van der Waals surface area (Å²) in [5.74, 6) is 3.01. The van der Waals surface area contributed by atoms with Crippen LogP contribution < -0.4 is 5.30 Å². The number of hydrogen-bond donors (Lipinski definition) is 0. The summed E-state index contributed by atoms with van der Waals surface area (Å²) in [6.07, 6.45) is 11.5. The summed E-state index contributed by atoms with van der Waals surface area (Å²) in [5, 5.41) is 1.48. The molecular weight excluding hydrogens is 307 g/mol. The number of hydrogen-bond acceptors (Lipinski definition) is 0. The fourth-order valence-corrected chi connectivity index (χ4v) is 4.92. The van der Waals surface area contributed by atoms with E-state index in [-0.39, 0.29) is 0 Å². The van der Waals surface area contributed by atoms with Crippen molar-refractivity contribution in [1.29, 1.82) is 0 Å². The summed E-state index contributed by atoms with van der Waals surface area (Å²) in [5.41, 5.74) is 4.73. The highest BCUT2D eigenvalue weighted by molar-refractivity contribution is 7.27. The van der Waals surface area contributed by atoms with Gasteiger partial charge in [0.1, 0.15) is 0 Å². The molecule has 2 unspecified atom stereocenters. The molecule has 0 amide bonds. The second kappa shape index (κ2) is 11.3. The lowest BCUT2D eigenvalue weighted by atomic mass is 9.69. The molecule has 0 spiro atoms. The van der Waals surface area contributed by atoms with E-state index in [1.54, 1.807) is 11.1 Å². The summed E-state index contributed by atoms with van der Waals surface area (Å²) in [6, 6.07) is 4.72. The van der Waals surface area contributed by atoms with E-state index in [9.17, 15) is 0 Å². The first kappa shape index (κ1) is 21.7. The fraction of sp³-hybridized carbons (Fsp3) is 0.739. The number of rotatable bonds is 2. The Hall–Kier alpha value is -0.350. The highest BCUT2D eigenvalue weighted by atomic mass is 31.0. The van der Waals surface area contributed by atoms with Crippen LogP contribution in [0.4, 0.5) is 0 Å². The highest BCUT2D eigenvalue weighted by Gasteiger charge is 2.30. The molecule has 2 aliphatic carbocycles. The third-order valence-electron chi connectivity index (χ3n) is 6.05. The van der Waals surface area contributed by atoms with Gasteiger partial charge in [-0.15, -0.1) is 9.24 Å². The zero-order valence-electron chi connectivity index (χ0n) is 17.1. The minimum atomic E-state index is 0.965. The van der Waals surface area contributed by atoms with Crippen LogP contribution in [0.15, 0.2) is 12.1 Å². The average Bonchev–Trinajstić information content (AvgIpc) is 2.68. The Bertz CT molecular complexity index is 469. The highest BCUT2D eigenvalue weighted by Crippen LogP contribution is 2.40. The molecule has 3 rings (SSSR count). The molecule has 1 aromatic rings. The smallest absolute Gasteiger partial charge is 0.0239 e. The van der Waals surface area contributed by atoms with Gasteiger partial charge in [-0.3, -0.25) is 0 Å². The van der Waals surface area contributed by atoms with Crippen molar-refractivity contribution in [2.24, 2.45) is 17.8 Å². The molecule has 138 valence electrons. The molecule has 0 bridgehead atoms. The molecule has 0 nitrogen and oxygen atoms in total. The van der Waals surface area contributed by atoms with E-state index < -0.39 is 0 Å². The van der Waals surface area contributed by atoms with E-state index >= 15 is 0 Å².